The number of carbonyl (C=O) groups is 1. The van der Waals surface area contributed by atoms with Crippen LogP contribution in [0, 0.1) is 6.92 Å². The molecule has 3 aromatic heterocycles. The number of benzene rings is 1. The molecule has 39 heavy (non-hydrogen) atoms. The second kappa shape index (κ2) is 10.5. The molecule has 11 heteroatoms. The molecule has 0 saturated carbocycles. The van der Waals surface area contributed by atoms with Gasteiger partial charge in [0.2, 0.25) is 0 Å². The van der Waals surface area contributed by atoms with Gasteiger partial charge in [0.15, 0.2) is 0 Å². The van der Waals surface area contributed by atoms with E-state index in [1.165, 1.54) is 21.1 Å². The smallest absolute Gasteiger partial charge is 0.267 e. The molecule has 6 rings (SSSR count). The molecule has 2 fully saturated rings. The summed E-state index contributed by atoms with van der Waals surface area (Å²) in [5.74, 6) is 0.942. The summed E-state index contributed by atoms with van der Waals surface area (Å²) in [6.07, 6.45) is 4.91. The molecule has 1 amide bonds. The minimum Gasteiger partial charge on any atom is -0.467 e. The lowest BCUT2D eigenvalue weighted by Gasteiger charge is -2.37. The SMILES string of the molecule is Cc1cccn2c(=O)c(C=C3SC(=S)N(Cc4ccco4)C3=O)c(N3CCN(c4cccc(Cl)c4)CC3)nc12. The van der Waals surface area contributed by atoms with Crippen molar-refractivity contribution in [2.24, 2.45) is 0 Å². The highest BCUT2D eigenvalue weighted by Gasteiger charge is 2.34. The first kappa shape index (κ1) is 25.7. The van der Waals surface area contributed by atoms with E-state index in [0.29, 0.717) is 50.1 Å². The van der Waals surface area contributed by atoms with Gasteiger partial charge in [-0.15, -0.1) is 0 Å². The third-order valence-corrected chi connectivity index (χ3v) is 8.47. The molecule has 0 spiro atoms. The number of pyridine rings is 1. The van der Waals surface area contributed by atoms with E-state index in [1.807, 2.05) is 43.3 Å². The zero-order chi connectivity index (χ0) is 27.1. The van der Waals surface area contributed by atoms with Crippen LogP contribution in [0.25, 0.3) is 11.7 Å². The van der Waals surface area contributed by atoms with E-state index in [0.717, 1.165) is 24.3 Å². The number of amides is 1. The van der Waals surface area contributed by atoms with Gasteiger partial charge in [-0.05, 0) is 55.0 Å². The summed E-state index contributed by atoms with van der Waals surface area (Å²) in [5, 5.41) is 0.696. The van der Waals surface area contributed by atoms with Gasteiger partial charge in [0.05, 0.1) is 23.3 Å². The van der Waals surface area contributed by atoms with E-state index in [9.17, 15) is 9.59 Å². The molecular weight excluding hydrogens is 554 g/mol. The molecule has 198 valence electrons. The van der Waals surface area contributed by atoms with Gasteiger partial charge in [-0.25, -0.2) is 4.98 Å². The van der Waals surface area contributed by atoms with Crippen molar-refractivity contribution in [2.75, 3.05) is 36.0 Å². The number of rotatable bonds is 5. The predicted molar refractivity (Wildman–Crippen MR) is 160 cm³/mol. The van der Waals surface area contributed by atoms with E-state index in [1.54, 1.807) is 30.7 Å². The van der Waals surface area contributed by atoms with Crippen LogP contribution in [0.4, 0.5) is 11.5 Å². The molecule has 2 aliphatic heterocycles. The number of thiocarbonyl (C=S) groups is 1. The Morgan fingerprint density at radius 3 is 2.62 bits per heavy atom. The second-order valence-corrected chi connectivity index (χ2v) is 11.5. The van der Waals surface area contributed by atoms with Crippen molar-refractivity contribution >= 4 is 69.0 Å². The standard InChI is InChI=1S/C28H24ClN5O3S2/c1-18-5-3-9-33-24(18)30-25(32-12-10-31(11-13-32)20-7-2-6-19(29)15-20)22(26(33)35)16-23-27(36)34(28(38)39-23)17-21-8-4-14-37-21/h2-9,14-16H,10-13,17H2,1H3. The largest absolute Gasteiger partial charge is 0.467 e. The van der Waals surface area contributed by atoms with Crippen LogP contribution in [0.15, 0.2) is 75.1 Å². The number of anilines is 2. The summed E-state index contributed by atoms with van der Waals surface area (Å²) in [6.45, 7) is 4.95. The maximum absolute atomic E-state index is 13.8. The first-order valence-electron chi connectivity index (χ1n) is 12.4. The Balaban J connectivity index is 1.36. The molecule has 0 aliphatic carbocycles. The highest BCUT2D eigenvalue weighted by molar-refractivity contribution is 8.26. The van der Waals surface area contributed by atoms with Crippen molar-refractivity contribution in [1.82, 2.24) is 14.3 Å². The quantitative estimate of drug-likeness (QED) is 0.243. The van der Waals surface area contributed by atoms with Gasteiger partial charge in [-0.3, -0.25) is 18.9 Å². The maximum atomic E-state index is 13.8. The Bertz CT molecular complexity index is 1680. The van der Waals surface area contributed by atoms with Gasteiger partial charge in [-0.2, -0.15) is 0 Å². The minimum absolute atomic E-state index is 0.229. The van der Waals surface area contributed by atoms with Crippen LogP contribution >= 0.6 is 35.6 Å². The number of piperazine rings is 1. The van der Waals surface area contributed by atoms with Crippen molar-refractivity contribution in [1.29, 1.82) is 0 Å². The number of aromatic nitrogens is 2. The lowest BCUT2D eigenvalue weighted by atomic mass is 10.2. The van der Waals surface area contributed by atoms with Gasteiger partial charge in [0.1, 0.15) is 21.5 Å². The second-order valence-electron chi connectivity index (χ2n) is 9.34. The van der Waals surface area contributed by atoms with E-state index in [2.05, 4.69) is 9.80 Å². The Hall–Kier alpha value is -3.60. The summed E-state index contributed by atoms with van der Waals surface area (Å²) in [6, 6.07) is 15.1. The number of carbonyl (C=O) groups excluding carboxylic acids is 1. The zero-order valence-electron chi connectivity index (χ0n) is 21.0. The topological polar surface area (TPSA) is 74.3 Å². The predicted octanol–water partition coefficient (Wildman–Crippen LogP) is 4.98. The molecule has 8 nitrogen and oxygen atoms in total. The van der Waals surface area contributed by atoms with E-state index in [-0.39, 0.29) is 18.0 Å². The van der Waals surface area contributed by atoms with Crippen molar-refractivity contribution in [3.8, 4) is 0 Å². The average molecular weight is 578 g/mol. The zero-order valence-corrected chi connectivity index (χ0v) is 23.4. The Morgan fingerprint density at radius 1 is 1.08 bits per heavy atom. The van der Waals surface area contributed by atoms with Crippen molar-refractivity contribution in [2.45, 2.75) is 13.5 Å². The summed E-state index contributed by atoms with van der Waals surface area (Å²) in [7, 11) is 0. The number of fused-ring (bicyclic) bond motifs is 1. The lowest BCUT2D eigenvalue weighted by molar-refractivity contribution is -0.122. The number of halogens is 1. The molecule has 1 aromatic carbocycles. The summed E-state index contributed by atoms with van der Waals surface area (Å²) < 4.78 is 7.36. The Labute approximate surface area is 239 Å². The van der Waals surface area contributed by atoms with Gasteiger partial charge < -0.3 is 14.2 Å². The fraction of sp³-hybridized carbons (Fsp3) is 0.214. The van der Waals surface area contributed by atoms with Crippen LogP contribution in [-0.2, 0) is 11.3 Å². The first-order valence-corrected chi connectivity index (χ1v) is 14.0. The Morgan fingerprint density at radius 2 is 1.87 bits per heavy atom. The molecule has 0 radical (unpaired) electrons. The molecule has 4 aromatic rings. The van der Waals surface area contributed by atoms with Gasteiger partial charge in [0.25, 0.3) is 11.5 Å². The number of hydrogen-bond acceptors (Lipinski definition) is 8. The van der Waals surface area contributed by atoms with Crippen molar-refractivity contribution in [3.05, 3.63) is 98.2 Å². The van der Waals surface area contributed by atoms with E-state index < -0.39 is 0 Å². The molecule has 2 aliphatic rings. The molecule has 5 heterocycles. The monoisotopic (exact) mass is 577 g/mol. The summed E-state index contributed by atoms with van der Waals surface area (Å²) >= 11 is 12.9. The van der Waals surface area contributed by atoms with Gasteiger partial charge >= 0.3 is 0 Å². The molecule has 0 N–H and O–H groups in total. The normalized spacial score (nSPS) is 17.2. The van der Waals surface area contributed by atoms with Crippen LogP contribution < -0.4 is 15.4 Å². The van der Waals surface area contributed by atoms with Crippen molar-refractivity contribution in [3.63, 3.8) is 0 Å². The highest BCUT2D eigenvalue weighted by atomic mass is 35.5. The number of aryl methyl sites for hydroxylation is 1. The summed E-state index contributed by atoms with van der Waals surface area (Å²) in [5.41, 5.74) is 2.69. The number of nitrogens with zero attached hydrogens (tertiary/aromatic N) is 5. The number of hydrogen-bond donors (Lipinski definition) is 0. The van der Waals surface area contributed by atoms with Crippen LogP contribution in [-0.4, -0.2) is 50.7 Å². The third-order valence-electron chi connectivity index (χ3n) is 6.86. The summed E-state index contributed by atoms with van der Waals surface area (Å²) in [4.78, 5) is 38.4. The fourth-order valence-electron chi connectivity index (χ4n) is 4.84. The van der Waals surface area contributed by atoms with E-state index >= 15 is 0 Å². The number of furan rings is 1. The molecular formula is C28H24ClN5O3S2. The van der Waals surface area contributed by atoms with Crippen LogP contribution in [0.2, 0.25) is 5.02 Å². The maximum Gasteiger partial charge on any atom is 0.267 e. The van der Waals surface area contributed by atoms with Crippen molar-refractivity contribution < 1.29 is 9.21 Å². The van der Waals surface area contributed by atoms with Gasteiger partial charge in [-0.1, -0.05) is 47.7 Å². The third kappa shape index (κ3) is 4.95. The van der Waals surface area contributed by atoms with E-state index in [4.69, 9.17) is 33.2 Å². The fourth-order valence-corrected chi connectivity index (χ4v) is 6.26. The first-order chi connectivity index (χ1) is 18.9. The highest BCUT2D eigenvalue weighted by Crippen LogP contribution is 2.35. The minimum atomic E-state index is -0.258. The van der Waals surface area contributed by atoms with Crippen LogP contribution in [0.1, 0.15) is 16.9 Å². The lowest BCUT2D eigenvalue weighted by Crippen LogP contribution is -2.47. The number of thioether (sulfide) groups is 1. The molecule has 0 atom stereocenters. The Kier molecular flexibility index (Phi) is 6.92. The average Bonchev–Trinajstić information content (AvgIpc) is 3.55. The molecule has 2 saturated heterocycles. The molecule has 0 bridgehead atoms. The van der Waals surface area contributed by atoms with Gasteiger partial charge in [0, 0.05) is 43.1 Å². The van der Waals surface area contributed by atoms with Crippen LogP contribution in [0.3, 0.4) is 0 Å². The van der Waals surface area contributed by atoms with Crippen LogP contribution in [0.5, 0.6) is 0 Å². The molecule has 0 unspecified atom stereocenters.